The Balaban J connectivity index is 2.02. The number of rotatable bonds is 6. The molecule has 0 saturated heterocycles. The van der Waals surface area contributed by atoms with Crippen LogP contribution < -0.4 is 16.1 Å². The number of carbonyl (C=O) groups excluding carboxylic acids is 3. The van der Waals surface area contributed by atoms with E-state index in [-0.39, 0.29) is 11.6 Å². The summed E-state index contributed by atoms with van der Waals surface area (Å²) in [4.78, 5) is 36.9. The number of nitrogens with zero attached hydrogens (tertiary/aromatic N) is 1. The van der Waals surface area contributed by atoms with Gasteiger partial charge in [0.05, 0.1) is 0 Å². The first-order chi connectivity index (χ1) is 13.2. The molecule has 0 unspecified atom stereocenters. The molecule has 0 spiro atoms. The molecule has 1 heterocycles. The normalized spacial score (nSPS) is 12.0. The summed E-state index contributed by atoms with van der Waals surface area (Å²) in [6.07, 6.45) is 1.24. The predicted octanol–water partition coefficient (Wildman–Crippen LogP) is 3.11. The van der Waals surface area contributed by atoms with Crippen molar-refractivity contribution in [2.24, 2.45) is 0 Å². The van der Waals surface area contributed by atoms with Gasteiger partial charge in [0.2, 0.25) is 0 Å². The molecule has 1 aromatic carbocycles. The van der Waals surface area contributed by atoms with Gasteiger partial charge in [-0.15, -0.1) is 0 Å². The number of ether oxygens (including phenoxy) is 1. The first kappa shape index (κ1) is 21.0. The van der Waals surface area contributed by atoms with Crippen LogP contribution in [0.3, 0.4) is 0 Å². The number of carbonyl (C=O) groups is 3. The van der Waals surface area contributed by atoms with E-state index in [1.807, 2.05) is 18.2 Å². The highest BCUT2D eigenvalue weighted by atomic mass is 16.6. The summed E-state index contributed by atoms with van der Waals surface area (Å²) in [5.41, 5.74) is 2.86. The van der Waals surface area contributed by atoms with Crippen molar-refractivity contribution in [2.45, 2.75) is 45.8 Å². The van der Waals surface area contributed by atoms with Gasteiger partial charge in [0.15, 0.2) is 0 Å². The fraction of sp³-hybridized carbons (Fsp3) is 0.350. The second kappa shape index (κ2) is 9.07. The minimum Gasteiger partial charge on any atom is -0.444 e. The molecule has 0 aliphatic rings. The summed E-state index contributed by atoms with van der Waals surface area (Å²) in [5, 5.41) is 5.30. The maximum Gasteiger partial charge on any atom is 0.408 e. The lowest BCUT2D eigenvalue weighted by molar-refractivity contribution is -0.119. The Labute approximate surface area is 164 Å². The summed E-state index contributed by atoms with van der Waals surface area (Å²) in [6.45, 7) is 6.99. The molecule has 0 fully saturated rings. The largest absolute Gasteiger partial charge is 0.444 e. The highest BCUT2D eigenvalue weighted by molar-refractivity contribution is 6.04. The van der Waals surface area contributed by atoms with Crippen molar-refractivity contribution in [2.75, 3.05) is 10.7 Å². The van der Waals surface area contributed by atoms with Crippen LogP contribution in [-0.2, 0) is 9.53 Å². The molecule has 0 aliphatic heterocycles. The van der Waals surface area contributed by atoms with Gasteiger partial charge in [-0.3, -0.25) is 19.7 Å². The molecule has 1 atom stereocenters. The Morgan fingerprint density at radius 1 is 1.07 bits per heavy atom. The van der Waals surface area contributed by atoms with Crippen LogP contribution in [0, 0.1) is 0 Å². The summed E-state index contributed by atoms with van der Waals surface area (Å²) in [6, 6.07) is 11.4. The fourth-order valence-corrected chi connectivity index (χ4v) is 2.38. The van der Waals surface area contributed by atoms with E-state index < -0.39 is 23.6 Å². The Bertz CT molecular complexity index is 824. The van der Waals surface area contributed by atoms with Gasteiger partial charge in [-0.05, 0) is 51.5 Å². The number of aromatic nitrogens is 1. The molecule has 0 saturated carbocycles. The molecule has 0 aliphatic carbocycles. The van der Waals surface area contributed by atoms with Crippen LogP contribution in [0.25, 0.3) is 0 Å². The van der Waals surface area contributed by atoms with Crippen LogP contribution in [0.5, 0.6) is 0 Å². The van der Waals surface area contributed by atoms with E-state index in [0.29, 0.717) is 12.1 Å². The molecule has 2 aromatic rings. The van der Waals surface area contributed by atoms with Gasteiger partial charge < -0.3 is 15.4 Å². The monoisotopic (exact) mass is 386 g/mol. The van der Waals surface area contributed by atoms with Crippen molar-refractivity contribution in [3.05, 3.63) is 54.4 Å². The minimum absolute atomic E-state index is 0.254. The van der Waals surface area contributed by atoms with Crippen molar-refractivity contribution in [3.63, 3.8) is 0 Å². The van der Waals surface area contributed by atoms with E-state index in [9.17, 15) is 14.4 Å². The molecule has 150 valence electrons. The standard InChI is InChI=1S/C20H26N4O4/c1-5-15(22-19(27)28-20(2,3)4)17(25)23-24-13-9-12-16(24)18(26)21-14-10-7-6-8-11-14/h6-13,15H,5H2,1-4H3,(H,21,26)(H,22,27)(H,23,25)/t15-/m0/s1. The molecular weight excluding hydrogens is 360 g/mol. The zero-order valence-corrected chi connectivity index (χ0v) is 16.5. The molecule has 28 heavy (non-hydrogen) atoms. The maximum atomic E-state index is 12.5. The van der Waals surface area contributed by atoms with Gasteiger partial charge in [-0.2, -0.15) is 0 Å². The van der Waals surface area contributed by atoms with E-state index in [1.165, 1.54) is 4.68 Å². The lowest BCUT2D eigenvalue weighted by Crippen LogP contribution is -2.47. The van der Waals surface area contributed by atoms with Crippen LogP contribution in [0.4, 0.5) is 10.5 Å². The van der Waals surface area contributed by atoms with Crippen molar-refractivity contribution in [1.82, 2.24) is 9.99 Å². The quantitative estimate of drug-likeness (QED) is 0.710. The third-order valence-electron chi connectivity index (χ3n) is 3.66. The lowest BCUT2D eigenvalue weighted by atomic mass is 10.2. The van der Waals surface area contributed by atoms with Gasteiger partial charge in [0.1, 0.15) is 17.3 Å². The molecule has 0 radical (unpaired) electrons. The molecule has 3 N–H and O–H groups in total. The number of amides is 3. The fourth-order valence-electron chi connectivity index (χ4n) is 2.38. The number of benzene rings is 1. The highest BCUT2D eigenvalue weighted by Crippen LogP contribution is 2.10. The smallest absolute Gasteiger partial charge is 0.408 e. The minimum atomic E-state index is -0.803. The summed E-state index contributed by atoms with van der Waals surface area (Å²) in [5.74, 6) is -0.831. The summed E-state index contributed by atoms with van der Waals surface area (Å²) < 4.78 is 6.50. The third-order valence-corrected chi connectivity index (χ3v) is 3.66. The lowest BCUT2D eigenvalue weighted by Gasteiger charge is -2.23. The van der Waals surface area contributed by atoms with Gasteiger partial charge in [0, 0.05) is 11.9 Å². The van der Waals surface area contributed by atoms with E-state index in [4.69, 9.17) is 4.74 Å². The molecule has 8 heteroatoms. The molecule has 3 amide bonds. The average Bonchev–Trinajstić information content (AvgIpc) is 3.07. The topological polar surface area (TPSA) is 101 Å². The van der Waals surface area contributed by atoms with Crippen molar-refractivity contribution in [1.29, 1.82) is 0 Å². The number of hydrogen-bond acceptors (Lipinski definition) is 4. The van der Waals surface area contributed by atoms with Crippen molar-refractivity contribution in [3.8, 4) is 0 Å². The zero-order chi connectivity index (χ0) is 20.7. The number of para-hydroxylation sites is 1. The molecule has 0 bridgehead atoms. The van der Waals surface area contributed by atoms with Crippen LogP contribution in [0.15, 0.2) is 48.7 Å². The summed E-state index contributed by atoms with van der Waals surface area (Å²) >= 11 is 0. The van der Waals surface area contributed by atoms with E-state index in [2.05, 4.69) is 16.1 Å². The van der Waals surface area contributed by atoms with Crippen molar-refractivity contribution < 1.29 is 19.1 Å². The van der Waals surface area contributed by atoms with Crippen LogP contribution >= 0.6 is 0 Å². The Morgan fingerprint density at radius 3 is 2.36 bits per heavy atom. The van der Waals surface area contributed by atoms with Crippen LogP contribution in [0.2, 0.25) is 0 Å². The van der Waals surface area contributed by atoms with E-state index in [1.54, 1.807) is 58.2 Å². The van der Waals surface area contributed by atoms with E-state index >= 15 is 0 Å². The Kier molecular flexibility index (Phi) is 6.81. The molecule has 2 rings (SSSR count). The first-order valence-electron chi connectivity index (χ1n) is 9.03. The van der Waals surface area contributed by atoms with Crippen molar-refractivity contribution >= 4 is 23.6 Å². The Morgan fingerprint density at radius 2 is 1.75 bits per heavy atom. The zero-order valence-electron chi connectivity index (χ0n) is 16.5. The highest BCUT2D eigenvalue weighted by Gasteiger charge is 2.24. The van der Waals surface area contributed by atoms with Crippen LogP contribution in [-0.4, -0.2) is 34.2 Å². The van der Waals surface area contributed by atoms with Gasteiger partial charge >= 0.3 is 6.09 Å². The predicted molar refractivity (Wildman–Crippen MR) is 107 cm³/mol. The van der Waals surface area contributed by atoms with Gasteiger partial charge in [0.25, 0.3) is 11.8 Å². The molecule has 1 aromatic heterocycles. The molecule has 8 nitrogen and oxygen atoms in total. The molecular formula is C20H26N4O4. The maximum absolute atomic E-state index is 12.5. The second-order valence-corrected chi connectivity index (χ2v) is 7.17. The van der Waals surface area contributed by atoms with Crippen LogP contribution in [0.1, 0.15) is 44.6 Å². The third kappa shape index (κ3) is 6.15. The number of nitrogens with one attached hydrogen (secondary N) is 3. The van der Waals surface area contributed by atoms with E-state index in [0.717, 1.165) is 0 Å². The summed E-state index contributed by atoms with van der Waals surface area (Å²) in [7, 11) is 0. The second-order valence-electron chi connectivity index (χ2n) is 7.17. The Hall–Kier alpha value is -3.29. The number of anilines is 1. The SMILES string of the molecule is CC[C@H](NC(=O)OC(C)(C)C)C(=O)Nn1cccc1C(=O)Nc1ccccc1. The van der Waals surface area contributed by atoms with Gasteiger partial charge in [-0.1, -0.05) is 25.1 Å². The number of alkyl carbamates (subject to hydrolysis) is 1. The van der Waals surface area contributed by atoms with Gasteiger partial charge in [-0.25, -0.2) is 4.79 Å². The number of hydrogen-bond donors (Lipinski definition) is 3. The first-order valence-corrected chi connectivity index (χ1v) is 9.03. The average molecular weight is 386 g/mol.